The molecule has 9 heteroatoms. The van der Waals surface area contributed by atoms with Gasteiger partial charge < -0.3 is 14.7 Å². The van der Waals surface area contributed by atoms with E-state index in [1.807, 2.05) is 12.1 Å². The van der Waals surface area contributed by atoms with E-state index in [-0.39, 0.29) is 17.6 Å². The van der Waals surface area contributed by atoms with Crippen LogP contribution in [0.15, 0.2) is 35.1 Å². The average Bonchev–Trinajstić information content (AvgIpc) is 3.37. The number of nitrogens with zero attached hydrogens (tertiary/aromatic N) is 5. The third-order valence-electron chi connectivity index (χ3n) is 4.48. The summed E-state index contributed by atoms with van der Waals surface area (Å²) in [5.74, 6) is -0.343. The van der Waals surface area contributed by atoms with Gasteiger partial charge in [-0.05, 0) is 18.6 Å². The summed E-state index contributed by atoms with van der Waals surface area (Å²) in [6, 6.07) is 5.30. The van der Waals surface area contributed by atoms with E-state index < -0.39 is 0 Å². The Morgan fingerprint density at radius 1 is 1.33 bits per heavy atom. The summed E-state index contributed by atoms with van der Waals surface area (Å²) in [6.45, 7) is 2.79. The normalized spacial score (nSPS) is 12.9. The number of rotatable bonds is 4. The number of aryl methyl sites for hydroxylation is 2. The van der Waals surface area contributed by atoms with Crippen molar-refractivity contribution in [1.82, 2.24) is 30.1 Å². The average molecular weight is 366 g/mol. The fraction of sp³-hybridized carbons (Fsp3) is 0.278. The fourth-order valence-electron chi connectivity index (χ4n) is 3.11. The highest BCUT2D eigenvalue weighted by Crippen LogP contribution is 2.27. The van der Waals surface area contributed by atoms with Gasteiger partial charge in [0.05, 0.1) is 24.5 Å². The summed E-state index contributed by atoms with van der Waals surface area (Å²) < 4.78 is 6.71. The van der Waals surface area contributed by atoms with Gasteiger partial charge in [-0.3, -0.25) is 19.3 Å². The molecule has 0 saturated heterocycles. The van der Waals surface area contributed by atoms with Gasteiger partial charge in [0.15, 0.2) is 5.69 Å². The van der Waals surface area contributed by atoms with Crippen LogP contribution in [0.3, 0.4) is 0 Å². The van der Waals surface area contributed by atoms with Crippen LogP contribution < -0.4 is 5.32 Å². The first-order valence-electron chi connectivity index (χ1n) is 8.47. The summed E-state index contributed by atoms with van der Waals surface area (Å²) in [4.78, 5) is 30.8. The Morgan fingerprint density at radius 3 is 2.89 bits per heavy atom. The van der Waals surface area contributed by atoms with Crippen LogP contribution in [0.1, 0.15) is 43.6 Å². The molecule has 1 aliphatic heterocycles. The summed E-state index contributed by atoms with van der Waals surface area (Å²) >= 11 is 0. The zero-order chi connectivity index (χ0) is 19.0. The minimum absolute atomic E-state index is 0.191. The van der Waals surface area contributed by atoms with E-state index in [0.717, 1.165) is 16.8 Å². The molecular formula is C18H18N6O3. The maximum absolute atomic E-state index is 12.6. The molecule has 0 bridgehead atoms. The number of amides is 2. The van der Waals surface area contributed by atoms with Gasteiger partial charge in [-0.15, -0.1) is 0 Å². The van der Waals surface area contributed by atoms with Crippen molar-refractivity contribution in [1.29, 1.82) is 0 Å². The van der Waals surface area contributed by atoms with E-state index in [4.69, 9.17) is 4.52 Å². The molecule has 138 valence electrons. The zero-order valence-corrected chi connectivity index (χ0v) is 15.0. The largest absolute Gasteiger partial charge is 0.351 e. The second-order valence-corrected chi connectivity index (χ2v) is 6.44. The molecule has 4 heterocycles. The van der Waals surface area contributed by atoms with Gasteiger partial charge in [-0.25, -0.2) is 0 Å². The molecule has 0 radical (unpaired) electrons. The molecule has 0 fully saturated rings. The lowest BCUT2D eigenvalue weighted by atomic mass is 10.2. The summed E-state index contributed by atoms with van der Waals surface area (Å²) in [5.41, 5.74) is 3.47. The van der Waals surface area contributed by atoms with Gasteiger partial charge >= 0.3 is 0 Å². The predicted octanol–water partition coefficient (Wildman–Crippen LogP) is 1.20. The molecule has 4 rings (SSSR count). The summed E-state index contributed by atoms with van der Waals surface area (Å²) in [7, 11) is 1.77. The van der Waals surface area contributed by atoms with Crippen LogP contribution in [0.4, 0.5) is 0 Å². The highest BCUT2D eigenvalue weighted by Gasteiger charge is 2.33. The predicted molar refractivity (Wildman–Crippen MR) is 93.4 cm³/mol. The van der Waals surface area contributed by atoms with Crippen LogP contribution >= 0.6 is 0 Å². The molecule has 0 unspecified atom stereocenters. The van der Waals surface area contributed by atoms with Crippen LogP contribution in [-0.2, 0) is 26.7 Å². The van der Waals surface area contributed by atoms with Crippen molar-refractivity contribution >= 4 is 11.8 Å². The molecule has 1 N–H and O–H groups in total. The van der Waals surface area contributed by atoms with E-state index in [1.54, 1.807) is 42.0 Å². The molecule has 27 heavy (non-hydrogen) atoms. The number of nitrogens with one attached hydrogen (secondary N) is 1. The van der Waals surface area contributed by atoms with Crippen molar-refractivity contribution in [2.75, 3.05) is 0 Å². The molecular weight excluding hydrogens is 348 g/mol. The molecule has 3 aromatic rings. The molecule has 0 saturated carbocycles. The van der Waals surface area contributed by atoms with E-state index in [2.05, 4.69) is 20.6 Å². The lowest BCUT2D eigenvalue weighted by Gasteiger charge is -2.14. The lowest BCUT2D eigenvalue weighted by molar-refractivity contribution is 0.0704. The number of carbonyl (C=O) groups excluding carboxylic acids is 2. The zero-order valence-electron chi connectivity index (χ0n) is 15.0. The minimum atomic E-state index is -0.277. The summed E-state index contributed by atoms with van der Waals surface area (Å²) in [5, 5.41) is 10.9. The molecule has 0 aliphatic carbocycles. The van der Waals surface area contributed by atoms with Crippen molar-refractivity contribution < 1.29 is 14.1 Å². The highest BCUT2D eigenvalue weighted by atomic mass is 16.5. The Bertz CT molecular complexity index is 1010. The highest BCUT2D eigenvalue weighted by molar-refractivity contribution is 5.95. The molecule has 1 aliphatic rings. The second-order valence-electron chi connectivity index (χ2n) is 6.44. The Balaban J connectivity index is 1.49. The van der Waals surface area contributed by atoms with Crippen LogP contribution in [0.5, 0.6) is 0 Å². The molecule has 2 amide bonds. The van der Waals surface area contributed by atoms with Crippen molar-refractivity contribution in [2.24, 2.45) is 7.05 Å². The number of carbonyl (C=O) groups is 2. The summed E-state index contributed by atoms with van der Waals surface area (Å²) in [6.07, 6.45) is 3.38. The third-order valence-corrected chi connectivity index (χ3v) is 4.48. The smallest absolute Gasteiger partial charge is 0.293 e. The van der Waals surface area contributed by atoms with Gasteiger partial charge in [0.25, 0.3) is 11.8 Å². The van der Waals surface area contributed by atoms with Gasteiger partial charge in [0.2, 0.25) is 5.76 Å². The first-order chi connectivity index (χ1) is 13.0. The molecule has 0 spiro atoms. The third kappa shape index (κ3) is 3.19. The van der Waals surface area contributed by atoms with Crippen LogP contribution in [0, 0.1) is 6.92 Å². The standard InChI is InChI=1S/C18H18N6O3/c1-11-6-15(27-22-11)18(26)24-9-13-14(10-24)23(2)21-16(13)17(25)20-8-12-4-3-5-19-7-12/h3-7H,8-10H2,1-2H3,(H,20,25). The van der Waals surface area contributed by atoms with E-state index in [9.17, 15) is 9.59 Å². The first kappa shape index (κ1) is 17.0. The maximum atomic E-state index is 12.6. The first-order valence-corrected chi connectivity index (χ1v) is 8.47. The molecule has 0 aromatic carbocycles. The molecule has 0 atom stereocenters. The minimum Gasteiger partial charge on any atom is -0.351 e. The number of aromatic nitrogens is 4. The number of hydrogen-bond donors (Lipinski definition) is 1. The van der Waals surface area contributed by atoms with Crippen molar-refractivity contribution in [3.8, 4) is 0 Å². The second kappa shape index (κ2) is 6.67. The van der Waals surface area contributed by atoms with Crippen molar-refractivity contribution in [2.45, 2.75) is 26.6 Å². The monoisotopic (exact) mass is 366 g/mol. The Labute approximate surface area is 155 Å². The van der Waals surface area contributed by atoms with Gasteiger partial charge in [0.1, 0.15) is 0 Å². The van der Waals surface area contributed by atoms with Crippen LogP contribution in [0.25, 0.3) is 0 Å². The van der Waals surface area contributed by atoms with Gasteiger partial charge in [-0.1, -0.05) is 11.2 Å². The van der Waals surface area contributed by atoms with Crippen LogP contribution in [-0.4, -0.2) is 36.6 Å². The van der Waals surface area contributed by atoms with Crippen molar-refractivity contribution in [3.05, 3.63) is 64.6 Å². The number of pyridine rings is 1. The van der Waals surface area contributed by atoms with E-state index in [1.165, 1.54) is 0 Å². The van der Waals surface area contributed by atoms with E-state index in [0.29, 0.717) is 31.0 Å². The number of fused-ring (bicyclic) bond motifs is 1. The topological polar surface area (TPSA) is 106 Å². The Hall–Kier alpha value is -3.49. The van der Waals surface area contributed by atoms with Crippen molar-refractivity contribution in [3.63, 3.8) is 0 Å². The number of hydrogen-bond acceptors (Lipinski definition) is 6. The Morgan fingerprint density at radius 2 is 2.19 bits per heavy atom. The van der Waals surface area contributed by atoms with Gasteiger partial charge in [-0.2, -0.15) is 5.10 Å². The van der Waals surface area contributed by atoms with Crippen LogP contribution in [0.2, 0.25) is 0 Å². The Kier molecular flexibility index (Phi) is 4.19. The SMILES string of the molecule is Cc1cc(C(=O)N2Cc3c(C(=O)NCc4cccnc4)nn(C)c3C2)on1. The van der Waals surface area contributed by atoms with E-state index >= 15 is 0 Å². The lowest BCUT2D eigenvalue weighted by Crippen LogP contribution is -2.28. The molecule has 9 nitrogen and oxygen atoms in total. The van der Waals surface area contributed by atoms with Gasteiger partial charge in [0, 0.05) is 37.6 Å². The molecule has 3 aromatic heterocycles. The fourth-order valence-corrected chi connectivity index (χ4v) is 3.11. The quantitative estimate of drug-likeness (QED) is 0.744. The maximum Gasteiger partial charge on any atom is 0.293 e.